The van der Waals surface area contributed by atoms with Crippen molar-refractivity contribution in [2.24, 2.45) is 5.90 Å². The quantitative estimate of drug-likeness (QED) is 0.601. The van der Waals surface area contributed by atoms with Crippen molar-refractivity contribution in [1.82, 2.24) is 0 Å². The highest BCUT2D eigenvalue weighted by Gasteiger charge is 2.08. The Morgan fingerprint density at radius 3 is 2.73 bits per heavy atom. The van der Waals surface area contributed by atoms with Crippen LogP contribution >= 0.6 is 12.4 Å². The lowest BCUT2D eigenvalue weighted by molar-refractivity contribution is 0.0600. The summed E-state index contributed by atoms with van der Waals surface area (Å²) < 4.78 is 4.52. The molecule has 0 aliphatic carbocycles. The summed E-state index contributed by atoms with van der Waals surface area (Å²) in [5, 5.41) is 9.33. The Kier molecular flexibility index (Phi) is 5.69. The highest BCUT2D eigenvalue weighted by molar-refractivity contribution is 5.89. The van der Waals surface area contributed by atoms with Gasteiger partial charge in [-0.2, -0.15) is 0 Å². The zero-order valence-electron chi connectivity index (χ0n) is 8.10. The first-order valence-electron chi connectivity index (χ1n) is 3.91. The van der Waals surface area contributed by atoms with Crippen LogP contribution in [0, 0.1) is 0 Å². The summed E-state index contributed by atoms with van der Waals surface area (Å²) in [6, 6.07) is 4.32. The number of hydrogen-bond donors (Lipinski definition) is 2. The number of phenols is 1. The van der Waals surface area contributed by atoms with Crippen LogP contribution in [0.5, 0.6) is 5.75 Å². The van der Waals surface area contributed by atoms with Gasteiger partial charge < -0.3 is 9.84 Å². The molecule has 3 N–H and O–H groups in total. The van der Waals surface area contributed by atoms with Crippen molar-refractivity contribution in [2.45, 2.75) is 6.61 Å². The third-order valence-electron chi connectivity index (χ3n) is 1.74. The Balaban J connectivity index is 0.00000196. The minimum Gasteiger partial charge on any atom is -0.508 e. The summed E-state index contributed by atoms with van der Waals surface area (Å²) in [4.78, 5) is 15.5. The minimum atomic E-state index is -0.469. The van der Waals surface area contributed by atoms with Gasteiger partial charge in [0.2, 0.25) is 0 Å². The third kappa shape index (κ3) is 3.39. The van der Waals surface area contributed by atoms with E-state index in [1.165, 1.54) is 25.3 Å². The normalized spacial score (nSPS) is 9.20. The van der Waals surface area contributed by atoms with Crippen molar-refractivity contribution in [2.75, 3.05) is 7.11 Å². The van der Waals surface area contributed by atoms with E-state index in [2.05, 4.69) is 9.57 Å². The molecule has 0 radical (unpaired) electrons. The summed E-state index contributed by atoms with van der Waals surface area (Å²) >= 11 is 0. The van der Waals surface area contributed by atoms with E-state index in [9.17, 15) is 9.90 Å². The van der Waals surface area contributed by atoms with Crippen LogP contribution in [0.4, 0.5) is 0 Å². The fourth-order valence-corrected chi connectivity index (χ4v) is 1.04. The number of ether oxygens (including phenoxy) is 1. The fourth-order valence-electron chi connectivity index (χ4n) is 1.04. The van der Waals surface area contributed by atoms with Crippen molar-refractivity contribution in [3.8, 4) is 5.75 Å². The summed E-state index contributed by atoms with van der Waals surface area (Å²) in [5.74, 6) is 4.42. The van der Waals surface area contributed by atoms with Crippen LogP contribution in [-0.4, -0.2) is 18.2 Å². The second-order valence-electron chi connectivity index (χ2n) is 2.65. The highest BCUT2D eigenvalue weighted by atomic mass is 35.5. The maximum absolute atomic E-state index is 11.1. The standard InChI is InChI=1S/C9H11NO4.ClH/c1-13-9(12)6-2-3-8(11)7(4-6)5-14-10;/h2-4,11H,5,10H2,1H3;1H. The molecule has 0 unspecified atom stereocenters. The van der Waals surface area contributed by atoms with Crippen molar-refractivity contribution in [1.29, 1.82) is 0 Å². The van der Waals surface area contributed by atoms with E-state index in [0.29, 0.717) is 11.1 Å². The molecule has 0 aromatic heterocycles. The molecular weight excluding hydrogens is 222 g/mol. The largest absolute Gasteiger partial charge is 0.508 e. The van der Waals surface area contributed by atoms with E-state index in [1.807, 2.05) is 0 Å². The van der Waals surface area contributed by atoms with Gasteiger partial charge in [-0.05, 0) is 18.2 Å². The number of rotatable bonds is 3. The number of hydrogen-bond acceptors (Lipinski definition) is 5. The molecule has 0 aliphatic rings. The maximum Gasteiger partial charge on any atom is 0.337 e. The van der Waals surface area contributed by atoms with Gasteiger partial charge in [0.15, 0.2) is 0 Å². The molecule has 0 amide bonds. The lowest BCUT2D eigenvalue weighted by Crippen LogP contribution is -2.04. The summed E-state index contributed by atoms with van der Waals surface area (Å²) in [5.41, 5.74) is 0.785. The molecule has 15 heavy (non-hydrogen) atoms. The number of benzene rings is 1. The predicted molar refractivity (Wildman–Crippen MR) is 55.7 cm³/mol. The van der Waals surface area contributed by atoms with Crippen molar-refractivity contribution in [3.05, 3.63) is 29.3 Å². The Labute approximate surface area is 93.2 Å². The second-order valence-corrected chi connectivity index (χ2v) is 2.65. The van der Waals surface area contributed by atoms with Crippen LogP contribution in [-0.2, 0) is 16.2 Å². The van der Waals surface area contributed by atoms with Gasteiger partial charge in [-0.1, -0.05) is 0 Å². The molecule has 1 aromatic rings. The first kappa shape index (κ1) is 13.7. The van der Waals surface area contributed by atoms with Gasteiger partial charge in [-0.25, -0.2) is 10.7 Å². The molecule has 1 rings (SSSR count). The number of aromatic hydroxyl groups is 1. The molecule has 0 aliphatic heterocycles. The summed E-state index contributed by atoms with van der Waals surface area (Å²) in [6.07, 6.45) is 0. The average molecular weight is 234 g/mol. The number of methoxy groups -OCH3 is 1. The molecule has 0 bridgehead atoms. The van der Waals surface area contributed by atoms with Gasteiger partial charge in [0.1, 0.15) is 5.75 Å². The van der Waals surface area contributed by atoms with Crippen LogP contribution < -0.4 is 5.90 Å². The predicted octanol–water partition coefficient (Wildman–Crippen LogP) is 0.991. The van der Waals surface area contributed by atoms with Gasteiger partial charge in [-0.3, -0.25) is 4.84 Å². The Bertz CT molecular complexity index is 343. The molecule has 1 aromatic carbocycles. The zero-order chi connectivity index (χ0) is 10.6. The topological polar surface area (TPSA) is 81.8 Å². The molecular formula is C9H12ClNO4. The van der Waals surface area contributed by atoms with Gasteiger partial charge in [-0.15, -0.1) is 12.4 Å². The Hall–Kier alpha value is -1.30. The number of nitrogens with two attached hydrogens (primary N) is 1. The molecule has 6 heteroatoms. The minimum absolute atomic E-state index is 0. The van der Waals surface area contributed by atoms with Crippen molar-refractivity contribution < 1.29 is 19.5 Å². The second kappa shape index (κ2) is 6.23. The lowest BCUT2D eigenvalue weighted by Gasteiger charge is -2.05. The number of carbonyl (C=O) groups excluding carboxylic acids is 1. The van der Waals surface area contributed by atoms with Crippen LogP contribution in [0.3, 0.4) is 0 Å². The first-order valence-corrected chi connectivity index (χ1v) is 3.91. The highest BCUT2D eigenvalue weighted by Crippen LogP contribution is 2.19. The number of esters is 1. The fraction of sp³-hybridized carbons (Fsp3) is 0.222. The van der Waals surface area contributed by atoms with Crippen LogP contribution in [0.2, 0.25) is 0 Å². The number of phenolic OH excluding ortho intramolecular Hbond substituents is 1. The van der Waals surface area contributed by atoms with E-state index in [-0.39, 0.29) is 24.8 Å². The zero-order valence-corrected chi connectivity index (χ0v) is 8.91. The molecule has 0 atom stereocenters. The number of halogens is 1. The lowest BCUT2D eigenvalue weighted by atomic mass is 10.1. The molecule has 0 heterocycles. The SMILES string of the molecule is COC(=O)c1ccc(O)c(CON)c1.Cl. The van der Waals surface area contributed by atoms with Gasteiger partial charge in [0, 0.05) is 5.56 Å². The Morgan fingerprint density at radius 2 is 2.20 bits per heavy atom. The van der Waals surface area contributed by atoms with E-state index in [0.717, 1.165) is 0 Å². The molecule has 0 spiro atoms. The van der Waals surface area contributed by atoms with Crippen LogP contribution in [0.25, 0.3) is 0 Å². The third-order valence-corrected chi connectivity index (χ3v) is 1.74. The van der Waals surface area contributed by atoms with Gasteiger partial charge >= 0.3 is 5.97 Å². The van der Waals surface area contributed by atoms with E-state index in [4.69, 9.17) is 5.90 Å². The molecule has 0 saturated carbocycles. The number of carbonyl (C=O) groups is 1. The molecule has 84 valence electrons. The Morgan fingerprint density at radius 1 is 1.53 bits per heavy atom. The monoisotopic (exact) mass is 233 g/mol. The van der Waals surface area contributed by atoms with Gasteiger partial charge in [0.05, 0.1) is 19.3 Å². The van der Waals surface area contributed by atoms with E-state index >= 15 is 0 Å². The van der Waals surface area contributed by atoms with Gasteiger partial charge in [0.25, 0.3) is 0 Å². The van der Waals surface area contributed by atoms with Crippen LogP contribution in [0.1, 0.15) is 15.9 Å². The van der Waals surface area contributed by atoms with E-state index < -0.39 is 5.97 Å². The molecule has 0 fully saturated rings. The maximum atomic E-state index is 11.1. The van der Waals surface area contributed by atoms with Crippen LogP contribution in [0.15, 0.2) is 18.2 Å². The van der Waals surface area contributed by atoms with Crippen molar-refractivity contribution in [3.63, 3.8) is 0 Å². The average Bonchev–Trinajstić information content (AvgIpc) is 2.20. The summed E-state index contributed by atoms with van der Waals surface area (Å²) in [7, 11) is 1.29. The summed E-state index contributed by atoms with van der Waals surface area (Å²) in [6.45, 7) is 0.0384. The first-order chi connectivity index (χ1) is 6.69. The molecule has 0 saturated heterocycles. The molecule has 5 nitrogen and oxygen atoms in total. The smallest absolute Gasteiger partial charge is 0.337 e. The van der Waals surface area contributed by atoms with E-state index in [1.54, 1.807) is 0 Å². The van der Waals surface area contributed by atoms with Crippen molar-refractivity contribution >= 4 is 18.4 Å².